The van der Waals surface area contributed by atoms with Crippen molar-refractivity contribution in [3.8, 4) is 15.4 Å². The number of hydrogen-bond donors (Lipinski definition) is 4. The molecule has 404 valence electrons. The number of aryl methyl sites for hydroxylation is 3. The van der Waals surface area contributed by atoms with Crippen LogP contribution in [0.1, 0.15) is 84.1 Å². The summed E-state index contributed by atoms with van der Waals surface area (Å²) in [5.74, 6) is -0.165. The van der Waals surface area contributed by atoms with Crippen molar-refractivity contribution >= 4 is 63.6 Å². The van der Waals surface area contributed by atoms with Crippen LogP contribution in [0.3, 0.4) is 0 Å². The van der Waals surface area contributed by atoms with Crippen LogP contribution in [0.5, 0.6) is 0 Å². The number of carbonyl (C=O) groups excluding carboxylic acids is 4. The predicted molar refractivity (Wildman–Crippen MR) is 287 cm³/mol. The topological polar surface area (TPSA) is 230 Å². The number of ether oxygens (including phenoxy) is 5. The molecule has 4 amide bonds. The van der Waals surface area contributed by atoms with E-state index in [1.165, 1.54) is 9.78 Å². The monoisotopic (exact) mass is 1090 g/mol. The van der Waals surface area contributed by atoms with E-state index in [4.69, 9.17) is 40.3 Å². The first-order chi connectivity index (χ1) is 36.0. The van der Waals surface area contributed by atoms with Crippen molar-refractivity contribution in [2.75, 3.05) is 79.2 Å². The number of fused-ring (bicyclic) bond motifs is 3. The van der Waals surface area contributed by atoms with Crippen LogP contribution in [-0.4, -0.2) is 156 Å². The Bertz CT molecular complexity index is 2760. The summed E-state index contributed by atoms with van der Waals surface area (Å²) < 4.78 is 30.0. The summed E-state index contributed by atoms with van der Waals surface area (Å²) in [7, 11) is 0. The summed E-state index contributed by atoms with van der Waals surface area (Å²) in [6.07, 6.45) is -0.707. The highest BCUT2D eigenvalue weighted by Crippen LogP contribution is 2.40. The maximum absolute atomic E-state index is 13.9. The standard InChI is InChI=1S/C53H68ClN9O10S2/c1-32-34(3)75-52-45(32)46(37-12-14-39(54)15-13-37)58-41(49-61-60-35(4)63(49)52)27-43(65)55-16-17-69-18-19-70-20-21-71-22-23-72-24-25-73-30-44(66)59-48(53(5,6)7)51(68)62-29-40(64)26-42(62)50(67)56-28-36-8-10-38(11-9-36)47-33(2)57-31-74-47/h8-15,31,40-42,48,64H,16-30H2,1-7H3,(H,55,65)(H,56,67)(H,59,66)/t40-,41+,42+,48-/m1/s1. The zero-order chi connectivity index (χ0) is 53.6. The van der Waals surface area contributed by atoms with E-state index in [0.29, 0.717) is 63.6 Å². The van der Waals surface area contributed by atoms with Crippen LogP contribution in [0.2, 0.25) is 5.02 Å². The minimum atomic E-state index is -0.974. The number of aliphatic hydroxyl groups is 1. The Balaban J connectivity index is 0.716. The van der Waals surface area contributed by atoms with E-state index in [1.807, 2.05) is 93.2 Å². The molecule has 0 unspecified atom stereocenters. The van der Waals surface area contributed by atoms with Gasteiger partial charge in [0.25, 0.3) is 0 Å². The summed E-state index contributed by atoms with van der Waals surface area (Å²) in [4.78, 5) is 66.7. The lowest BCUT2D eigenvalue weighted by atomic mass is 9.85. The molecule has 22 heteroatoms. The molecule has 0 spiro atoms. The van der Waals surface area contributed by atoms with E-state index in [0.717, 1.165) is 54.9 Å². The molecule has 2 aliphatic heterocycles. The van der Waals surface area contributed by atoms with Crippen LogP contribution in [0.15, 0.2) is 59.0 Å². The third-order valence-electron chi connectivity index (χ3n) is 12.7. The highest BCUT2D eigenvalue weighted by Gasteiger charge is 2.44. The second-order valence-electron chi connectivity index (χ2n) is 19.4. The summed E-state index contributed by atoms with van der Waals surface area (Å²) in [5, 5.41) is 29.7. The van der Waals surface area contributed by atoms with Crippen molar-refractivity contribution in [1.29, 1.82) is 0 Å². The number of aliphatic imine (C=N–C) groups is 1. The zero-order valence-corrected chi connectivity index (χ0v) is 46.0. The van der Waals surface area contributed by atoms with Crippen LogP contribution < -0.4 is 16.0 Å². The second-order valence-corrected chi connectivity index (χ2v) is 21.9. The van der Waals surface area contributed by atoms with E-state index < -0.39 is 41.5 Å². The van der Waals surface area contributed by atoms with E-state index in [2.05, 4.69) is 45.0 Å². The highest BCUT2D eigenvalue weighted by molar-refractivity contribution is 7.15. The summed E-state index contributed by atoms with van der Waals surface area (Å²) in [6.45, 7) is 16.5. The molecule has 0 saturated carbocycles. The minimum Gasteiger partial charge on any atom is -0.391 e. The molecule has 4 N–H and O–H groups in total. The van der Waals surface area contributed by atoms with Crippen molar-refractivity contribution in [2.24, 2.45) is 10.4 Å². The number of benzene rings is 2. The van der Waals surface area contributed by atoms with Gasteiger partial charge in [0.05, 0.1) is 93.8 Å². The molecule has 3 aromatic heterocycles. The maximum Gasteiger partial charge on any atom is 0.246 e. The van der Waals surface area contributed by atoms with Crippen LogP contribution in [-0.2, 0) is 49.4 Å². The maximum atomic E-state index is 13.9. The Kier molecular flexibility index (Phi) is 20.6. The van der Waals surface area contributed by atoms with Gasteiger partial charge in [0.1, 0.15) is 35.6 Å². The number of aromatic nitrogens is 4. The van der Waals surface area contributed by atoms with Crippen LogP contribution in [0, 0.1) is 33.1 Å². The average Bonchev–Trinajstić information content (AvgIpc) is 4.17. The molecule has 5 heterocycles. The van der Waals surface area contributed by atoms with E-state index in [-0.39, 0.29) is 57.6 Å². The van der Waals surface area contributed by atoms with Crippen molar-refractivity contribution in [2.45, 2.75) is 92.1 Å². The smallest absolute Gasteiger partial charge is 0.246 e. The minimum absolute atomic E-state index is 0.0236. The molecule has 1 fully saturated rings. The Hall–Kier alpha value is -5.49. The van der Waals surface area contributed by atoms with Gasteiger partial charge in [-0.15, -0.1) is 32.9 Å². The number of thiazole rings is 1. The lowest BCUT2D eigenvalue weighted by molar-refractivity contribution is -0.144. The third kappa shape index (κ3) is 15.4. The van der Waals surface area contributed by atoms with Crippen LogP contribution in [0.4, 0.5) is 0 Å². The van der Waals surface area contributed by atoms with Gasteiger partial charge in [0.2, 0.25) is 23.6 Å². The Morgan fingerprint density at radius 3 is 2.07 bits per heavy atom. The molecule has 5 aromatic rings. The number of amides is 4. The van der Waals surface area contributed by atoms with Gasteiger partial charge in [-0.05, 0) is 61.9 Å². The van der Waals surface area contributed by atoms with Crippen LogP contribution >= 0.6 is 34.3 Å². The van der Waals surface area contributed by atoms with Crippen molar-refractivity contribution in [3.05, 3.63) is 104 Å². The molecular formula is C53H68ClN9O10S2. The van der Waals surface area contributed by atoms with E-state index in [9.17, 15) is 24.3 Å². The summed E-state index contributed by atoms with van der Waals surface area (Å²) in [5.41, 5.74) is 7.81. The molecule has 1 saturated heterocycles. The second kappa shape index (κ2) is 27.0. The molecule has 0 aliphatic carbocycles. The molecule has 0 radical (unpaired) electrons. The average molecular weight is 1090 g/mol. The number of hydrogen-bond acceptors (Lipinski definition) is 16. The number of rotatable bonds is 26. The fraction of sp³-hybridized carbons (Fsp3) is 0.509. The molecule has 4 atom stereocenters. The molecule has 0 bridgehead atoms. The number of thiophene rings is 1. The van der Waals surface area contributed by atoms with Gasteiger partial charge < -0.3 is 49.6 Å². The number of likely N-dealkylation sites (tertiary alicyclic amines) is 1. The van der Waals surface area contributed by atoms with Gasteiger partial charge >= 0.3 is 0 Å². The number of nitrogens with one attached hydrogen (secondary N) is 3. The van der Waals surface area contributed by atoms with Gasteiger partial charge in [-0.1, -0.05) is 68.8 Å². The number of halogens is 1. The molecule has 7 rings (SSSR count). The lowest BCUT2D eigenvalue weighted by Gasteiger charge is -2.35. The first kappa shape index (κ1) is 57.2. The zero-order valence-electron chi connectivity index (χ0n) is 43.6. The summed E-state index contributed by atoms with van der Waals surface area (Å²) in [6, 6.07) is 13.0. The van der Waals surface area contributed by atoms with Crippen molar-refractivity contribution in [3.63, 3.8) is 0 Å². The van der Waals surface area contributed by atoms with E-state index in [1.54, 1.807) is 22.7 Å². The fourth-order valence-corrected chi connectivity index (χ4v) is 10.8. The molecule has 75 heavy (non-hydrogen) atoms. The van der Waals surface area contributed by atoms with Gasteiger partial charge in [-0.3, -0.25) is 28.7 Å². The van der Waals surface area contributed by atoms with Gasteiger partial charge in [0, 0.05) is 47.1 Å². The first-order valence-electron chi connectivity index (χ1n) is 25.1. The number of carbonyl (C=O) groups is 4. The Morgan fingerprint density at radius 1 is 0.813 bits per heavy atom. The molecular weight excluding hydrogens is 1020 g/mol. The Labute approximate surface area is 450 Å². The predicted octanol–water partition coefficient (Wildman–Crippen LogP) is 5.63. The van der Waals surface area contributed by atoms with Crippen molar-refractivity contribution < 1.29 is 48.0 Å². The quantitative estimate of drug-likeness (QED) is 0.0493. The van der Waals surface area contributed by atoms with Gasteiger partial charge in [-0.2, -0.15) is 0 Å². The van der Waals surface area contributed by atoms with Crippen LogP contribution in [0.25, 0.3) is 15.4 Å². The van der Waals surface area contributed by atoms with E-state index >= 15 is 0 Å². The normalized spacial score (nSPS) is 16.7. The number of nitrogens with zero attached hydrogens (tertiary/aromatic N) is 6. The molecule has 19 nitrogen and oxygen atoms in total. The Morgan fingerprint density at radius 2 is 1.44 bits per heavy atom. The third-order valence-corrected chi connectivity index (χ3v) is 15.2. The number of β-amino-alcohol motifs (C(OH)–C–C–N with tert-alkyl or cyclic N) is 1. The fourth-order valence-electron chi connectivity index (χ4n) is 8.67. The van der Waals surface area contributed by atoms with Gasteiger partial charge in [-0.25, -0.2) is 4.98 Å². The molecule has 2 aliphatic rings. The van der Waals surface area contributed by atoms with Gasteiger partial charge in [0.15, 0.2) is 5.82 Å². The van der Waals surface area contributed by atoms with Crippen molar-refractivity contribution in [1.82, 2.24) is 40.6 Å². The lowest BCUT2D eigenvalue weighted by Crippen LogP contribution is -2.58. The SMILES string of the molecule is Cc1ncsc1-c1ccc(CNC(=O)[C@@H]2C[C@@H](O)CN2C(=O)[C@@H](NC(=O)COCCOCCOCCOCCOCCNC(=O)C[C@@H]2N=C(c3ccc(Cl)cc3)c3c(sc(C)c3C)-n3c(C)nnc32)C(C)(C)C)cc1. The molecule has 2 aromatic carbocycles. The highest BCUT2D eigenvalue weighted by atomic mass is 35.5. The largest absolute Gasteiger partial charge is 0.391 e. The summed E-state index contributed by atoms with van der Waals surface area (Å²) >= 11 is 9.46. The number of aliphatic hydroxyl groups excluding tert-OH is 1. The first-order valence-corrected chi connectivity index (χ1v) is 27.1.